The van der Waals surface area contributed by atoms with Crippen LogP contribution in [0.15, 0.2) is 53.5 Å². The van der Waals surface area contributed by atoms with Gasteiger partial charge in [0.25, 0.3) is 0 Å². The lowest BCUT2D eigenvalue weighted by Gasteiger charge is -2.36. The van der Waals surface area contributed by atoms with Crippen molar-refractivity contribution in [1.29, 1.82) is 0 Å². The summed E-state index contributed by atoms with van der Waals surface area (Å²) in [6, 6.07) is 15.3. The van der Waals surface area contributed by atoms with Crippen LogP contribution in [0.5, 0.6) is 0 Å². The Morgan fingerprint density at radius 1 is 1.03 bits per heavy atom. The standard InChI is InChI=1S/C23H30N4O2.C2HF3O2/c1-3-11-26-12-14-27(15-13-26)23(24-17-19-9-7-18(2)8-10-19)25-21-6-4-5-20(16-21)22(28)29;3-2(4,5)1(6)7/h4-10,16H,3,11-15,17H2,1-2H3,(H,24,25)(H,28,29);(H,6,7). The average Bonchev–Trinajstić information content (AvgIpc) is 2.83. The summed E-state index contributed by atoms with van der Waals surface area (Å²) < 4.78 is 31.7. The van der Waals surface area contributed by atoms with Crippen LogP contribution in [0.25, 0.3) is 0 Å². The number of rotatable bonds is 6. The van der Waals surface area contributed by atoms with Crippen molar-refractivity contribution in [1.82, 2.24) is 9.80 Å². The van der Waals surface area contributed by atoms with Crippen molar-refractivity contribution in [2.45, 2.75) is 33.0 Å². The molecule has 1 aliphatic heterocycles. The number of carboxylic acid groups (broad SMARTS) is 2. The van der Waals surface area contributed by atoms with E-state index in [-0.39, 0.29) is 5.56 Å². The van der Waals surface area contributed by atoms with Crippen molar-refractivity contribution < 1.29 is 33.0 Å². The Morgan fingerprint density at radius 3 is 2.17 bits per heavy atom. The Kier molecular flexibility index (Phi) is 10.7. The number of anilines is 1. The van der Waals surface area contributed by atoms with Crippen LogP contribution in [0, 0.1) is 6.92 Å². The molecule has 0 aromatic heterocycles. The van der Waals surface area contributed by atoms with E-state index in [2.05, 4.69) is 53.2 Å². The van der Waals surface area contributed by atoms with Crippen LogP contribution in [-0.4, -0.2) is 76.8 Å². The van der Waals surface area contributed by atoms with Crippen LogP contribution in [0.4, 0.5) is 18.9 Å². The molecule has 36 heavy (non-hydrogen) atoms. The number of aromatic carboxylic acids is 1. The Morgan fingerprint density at radius 2 is 1.64 bits per heavy atom. The van der Waals surface area contributed by atoms with Crippen LogP contribution in [0.1, 0.15) is 34.8 Å². The molecule has 1 aliphatic rings. The van der Waals surface area contributed by atoms with Gasteiger partial charge in [0.15, 0.2) is 5.96 Å². The molecule has 0 bridgehead atoms. The zero-order chi connectivity index (χ0) is 26.7. The molecular formula is C25H31F3N4O4. The van der Waals surface area contributed by atoms with Gasteiger partial charge in [0.1, 0.15) is 0 Å². The van der Waals surface area contributed by atoms with Crippen LogP contribution in [0.2, 0.25) is 0 Å². The fourth-order valence-electron chi connectivity index (χ4n) is 3.44. The molecule has 0 aliphatic carbocycles. The summed E-state index contributed by atoms with van der Waals surface area (Å²) in [5.74, 6) is -2.89. The molecular weight excluding hydrogens is 477 g/mol. The van der Waals surface area contributed by atoms with Gasteiger partial charge in [-0.25, -0.2) is 14.6 Å². The zero-order valence-corrected chi connectivity index (χ0v) is 20.3. The van der Waals surface area contributed by atoms with Crippen molar-refractivity contribution in [2.24, 2.45) is 4.99 Å². The molecule has 3 rings (SSSR count). The number of carboxylic acids is 2. The van der Waals surface area contributed by atoms with Crippen LogP contribution in [0.3, 0.4) is 0 Å². The fraction of sp³-hybridized carbons (Fsp3) is 0.400. The van der Waals surface area contributed by atoms with Gasteiger partial charge in [-0.15, -0.1) is 0 Å². The second-order valence-corrected chi connectivity index (χ2v) is 8.27. The Labute approximate surface area is 208 Å². The Bertz CT molecular complexity index is 1030. The minimum atomic E-state index is -5.08. The van der Waals surface area contributed by atoms with Crippen LogP contribution < -0.4 is 5.32 Å². The number of hydrogen-bond donors (Lipinski definition) is 3. The minimum absolute atomic E-state index is 0.264. The molecule has 0 radical (unpaired) electrons. The number of alkyl halides is 3. The number of carbonyl (C=O) groups is 2. The third kappa shape index (κ3) is 9.57. The highest BCUT2D eigenvalue weighted by molar-refractivity contribution is 5.95. The van der Waals surface area contributed by atoms with Crippen molar-refractivity contribution >= 4 is 23.6 Å². The molecule has 196 valence electrons. The number of aliphatic imine (C=N–C) groups is 1. The second-order valence-electron chi connectivity index (χ2n) is 8.27. The van der Waals surface area contributed by atoms with Crippen LogP contribution >= 0.6 is 0 Å². The first kappa shape index (κ1) is 28.6. The quantitative estimate of drug-likeness (QED) is 0.394. The summed E-state index contributed by atoms with van der Waals surface area (Å²) in [7, 11) is 0. The Balaban J connectivity index is 0.000000572. The smallest absolute Gasteiger partial charge is 0.478 e. The highest BCUT2D eigenvalue weighted by atomic mass is 19.4. The highest BCUT2D eigenvalue weighted by Gasteiger charge is 2.38. The lowest BCUT2D eigenvalue weighted by Crippen LogP contribution is -2.50. The Hall–Kier alpha value is -3.60. The predicted molar refractivity (Wildman–Crippen MR) is 131 cm³/mol. The number of guanidine groups is 1. The van der Waals surface area contributed by atoms with Crippen molar-refractivity contribution in [3.05, 3.63) is 65.2 Å². The monoisotopic (exact) mass is 508 g/mol. The highest BCUT2D eigenvalue weighted by Crippen LogP contribution is 2.15. The van der Waals surface area contributed by atoms with Gasteiger partial charge in [-0.2, -0.15) is 13.2 Å². The molecule has 0 saturated carbocycles. The topological polar surface area (TPSA) is 105 Å². The molecule has 2 aromatic carbocycles. The van der Waals surface area contributed by atoms with E-state index in [1.54, 1.807) is 18.2 Å². The van der Waals surface area contributed by atoms with E-state index in [1.807, 2.05) is 6.07 Å². The number of aryl methyl sites for hydroxylation is 1. The molecule has 1 saturated heterocycles. The molecule has 0 amide bonds. The predicted octanol–water partition coefficient (Wildman–Crippen LogP) is 4.32. The molecule has 0 spiro atoms. The zero-order valence-electron chi connectivity index (χ0n) is 20.3. The van der Waals surface area contributed by atoms with Crippen LogP contribution in [-0.2, 0) is 11.3 Å². The number of nitrogens with one attached hydrogen (secondary N) is 1. The van der Waals surface area contributed by atoms with Gasteiger partial charge in [0.2, 0.25) is 0 Å². The summed E-state index contributed by atoms with van der Waals surface area (Å²) in [6.45, 7) is 9.80. The SMILES string of the molecule is CCCN1CCN(C(=NCc2ccc(C)cc2)Nc2cccc(C(=O)O)c2)CC1.O=C(O)C(F)(F)F. The lowest BCUT2D eigenvalue weighted by molar-refractivity contribution is -0.192. The minimum Gasteiger partial charge on any atom is -0.478 e. The summed E-state index contributed by atoms with van der Waals surface area (Å²) >= 11 is 0. The van der Waals surface area contributed by atoms with Crippen molar-refractivity contribution in [2.75, 3.05) is 38.0 Å². The number of piperazine rings is 1. The number of halogens is 3. The van der Waals surface area contributed by atoms with E-state index in [1.165, 1.54) is 5.56 Å². The average molecular weight is 509 g/mol. The molecule has 2 aromatic rings. The lowest BCUT2D eigenvalue weighted by atomic mass is 10.1. The largest absolute Gasteiger partial charge is 0.490 e. The van der Waals surface area contributed by atoms with Gasteiger partial charge in [0.05, 0.1) is 12.1 Å². The first-order valence-electron chi connectivity index (χ1n) is 11.5. The number of hydrogen-bond acceptors (Lipinski definition) is 4. The van der Waals surface area contributed by atoms with E-state index >= 15 is 0 Å². The molecule has 0 unspecified atom stereocenters. The molecule has 1 fully saturated rings. The third-order valence-electron chi connectivity index (χ3n) is 5.35. The fourth-order valence-corrected chi connectivity index (χ4v) is 3.44. The van der Waals surface area contributed by atoms with Gasteiger partial charge in [-0.1, -0.05) is 42.8 Å². The van der Waals surface area contributed by atoms with Gasteiger partial charge in [0, 0.05) is 31.9 Å². The van der Waals surface area contributed by atoms with Gasteiger partial charge < -0.3 is 20.4 Å². The van der Waals surface area contributed by atoms with E-state index in [9.17, 15) is 23.1 Å². The maximum atomic E-state index is 11.3. The van der Waals surface area contributed by atoms with E-state index < -0.39 is 18.1 Å². The molecule has 1 heterocycles. The molecule has 8 nitrogen and oxygen atoms in total. The summed E-state index contributed by atoms with van der Waals surface area (Å²) in [4.78, 5) is 29.8. The van der Waals surface area contributed by atoms with E-state index in [4.69, 9.17) is 14.9 Å². The third-order valence-corrected chi connectivity index (χ3v) is 5.35. The first-order chi connectivity index (χ1) is 17.0. The molecule has 0 atom stereocenters. The second kappa shape index (κ2) is 13.5. The maximum Gasteiger partial charge on any atom is 0.490 e. The first-order valence-corrected chi connectivity index (χ1v) is 11.5. The summed E-state index contributed by atoms with van der Waals surface area (Å²) in [5.41, 5.74) is 3.39. The maximum absolute atomic E-state index is 11.3. The number of aliphatic carboxylic acids is 1. The summed E-state index contributed by atoms with van der Waals surface area (Å²) in [5, 5.41) is 19.8. The number of nitrogens with zero attached hydrogens (tertiary/aromatic N) is 3. The van der Waals surface area contributed by atoms with Crippen molar-refractivity contribution in [3.63, 3.8) is 0 Å². The molecule has 11 heteroatoms. The van der Waals surface area contributed by atoms with Gasteiger partial charge in [-0.3, -0.25) is 4.90 Å². The van der Waals surface area contributed by atoms with Gasteiger partial charge >= 0.3 is 18.1 Å². The van der Waals surface area contributed by atoms with Crippen molar-refractivity contribution in [3.8, 4) is 0 Å². The summed E-state index contributed by atoms with van der Waals surface area (Å²) in [6.07, 6.45) is -3.92. The van der Waals surface area contributed by atoms with E-state index in [0.29, 0.717) is 6.54 Å². The molecule has 3 N–H and O–H groups in total. The van der Waals surface area contributed by atoms with Gasteiger partial charge in [-0.05, 0) is 43.7 Å². The van der Waals surface area contributed by atoms with E-state index in [0.717, 1.165) is 56.4 Å². The normalized spacial score (nSPS) is 14.6. The number of benzene rings is 2.